The van der Waals surface area contributed by atoms with Crippen molar-refractivity contribution in [3.63, 3.8) is 0 Å². The molecule has 4 nitrogen and oxygen atoms in total. The monoisotopic (exact) mass is 314 g/mol. The fraction of sp³-hybridized carbons (Fsp3) is 0.294. The molecule has 0 fully saturated rings. The van der Waals surface area contributed by atoms with Crippen molar-refractivity contribution in [1.29, 1.82) is 0 Å². The Morgan fingerprint density at radius 3 is 2.68 bits per heavy atom. The topological polar surface area (TPSA) is 56.7 Å². The first-order valence-electron chi connectivity index (χ1n) is 7.22. The maximum atomic E-state index is 6.23. The first-order valence-corrected chi connectivity index (χ1v) is 7.60. The van der Waals surface area contributed by atoms with Crippen molar-refractivity contribution in [3.8, 4) is 11.4 Å². The molecule has 0 aliphatic heterocycles. The molecule has 0 aliphatic rings. The summed E-state index contributed by atoms with van der Waals surface area (Å²) >= 11 is 6.05. The SMILES string of the molecule is Cc1ccccc1-c1nc2cc(Cl)cnc2n1CC(C)(C)N. The van der Waals surface area contributed by atoms with Gasteiger partial charge in [-0.05, 0) is 32.4 Å². The Morgan fingerprint density at radius 2 is 2.00 bits per heavy atom. The Hall–Kier alpha value is -1.91. The zero-order valence-corrected chi connectivity index (χ0v) is 13.7. The number of benzene rings is 1. The van der Waals surface area contributed by atoms with Gasteiger partial charge in [0.2, 0.25) is 0 Å². The van der Waals surface area contributed by atoms with Gasteiger partial charge in [0.1, 0.15) is 11.3 Å². The fourth-order valence-electron chi connectivity index (χ4n) is 2.57. The number of hydrogen-bond acceptors (Lipinski definition) is 3. The zero-order chi connectivity index (χ0) is 15.9. The predicted octanol–water partition coefficient (Wildman–Crippen LogP) is 3.80. The average Bonchev–Trinajstić information content (AvgIpc) is 2.75. The van der Waals surface area contributed by atoms with E-state index in [1.807, 2.05) is 32.0 Å². The van der Waals surface area contributed by atoms with E-state index in [4.69, 9.17) is 22.3 Å². The second-order valence-corrected chi connectivity index (χ2v) is 6.76. The van der Waals surface area contributed by atoms with E-state index in [1.165, 1.54) is 5.56 Å². The van der Waals surface area contributed by atoms with Crippen LogP contribution in [0, 0.1) is 6.92 Å². The Morgan fingerprint density at radius 1 is 1.27 bits per heavy atom. The minimum Gasteiger partial charge on any atom is -0.324 e. The van der Waals surface area contributed by atoms with E-state index in [0.29, 0.717) is 11.6 Å². The van der Waals surface area contributed by atoms with E-state index < -0.39 is 0 Å². The maximum Gasteiger partial charge on any atom is 0.160 e. The molecule has 114 valence electrons. The number of imidazole rings is 1. The van der Waals surface area contributed by atoms with E-state index in [9.17, 15) is 0 Å². The molecule has 0 radical (unpaired) electrons. The summed E-state index contributed by atoms with van der Waals surface area (Å²) in [6.07, 6.45) is 1.65. The molecule has 0 unspecified atom stereocenters. The van der Waals surface area contributed by atoms with Crippen molar-refractivity contribution in [2.24, 2.45) is 5.73 Å². The Kier molecular flexibility index (Phi) is 3.67. The van der Waals surface area contributed by atoms with Gasteiger partial charge in [-0.25, -0.2) is 9.97 Å². The van der Waals surface area contributed by atoms with Gasteiger partial charge in [0.25, 0.3) is 0 Å². The van der Waals surface area contributed by atoms with E-state index >= 15 is 0 Å². The van der Waals surface area contributed by atoms with Crippen molar-refractivity contribution in [2.45, 2.75) is 32.9 Å². The van der Waals surface area contributed by atoms with Gasteiger partial charge in [0.05, 0.1) is 5.02 Å². The molecule has 0 bridgehead atoms. The highest BCUT2D eigenvalue weighted by Crippen LogP contribution is 2.28. The summed E-state index contributed by atoms with van der Waals surface area (Å²) in [4.78, 5) is 9.20. The highest BCUT2D eigenvalue weighted by Gasteiger charge is 2.20. The van der Waals surface area contributed by atoms with Crippen LogP contribution < -0.4 is 5.73 Å². The lowest BCUT2D eigenvalue weighted by Crippen LogP contribution is -2.37. The fourth-order valence-corrected chi connectivity index (χ4v) is 2.73. The summed E-state index contributed by atoms with van der Waals surface area (Å²) in [6, 6.07) is 10.0. The maximum absolute atomic E-state index is 6.23. The standard InChI is InChI=1S/C17H19ClN4/c1-11-6-4-5-7-13(11)15-21-14-8-12(18)9-20-16(14)22(15)10-17(2,3)19/h4-9H,10,19H2,1-3H3. The van der Waals surface area contributed by atoms with Crippen LogP contribution in [0.3, 0.4) is 0 Å². The predicted molar refractivity (Wildman–Crippen MR) is 91.0 cm³/mol. The van der Waals surface area contributed by atoms with Crippen molar-refractivity contribution in [2.75, 3.05) is 0 Å². The molecular formula is C17H19ClN4. The van der Waals surface area contributed by atoms with Crippen LogP contribution in [0.25, 0.3) is 22.6 Å². The van der Waals surface area contributed by atoms with Gasteiger partial charge >= 0.3 is 0 Å². The number of rotatable bonds is 3. The van der Waals surface area contributed by atoms with E-state index in [0.717, 1.165) is 22.6 Å². The van der Waals surface area contributed by atoms with Crippen molar-refractivity contribution >= 4 is 22.8 Å². The lowest BCUT2D eigenvalue weighted by molar-refractivity contribution is 0.441. The molecule has 2 heterocycles. The van der Waals surface area contributed by atoms with Crippen LogP contribution in [0.5, 0.6) is 0 Å². The number of fused-ring (bicyclic) bond motifs is 1. The Bertz CT molecular complexity index is 830. The van der Waals surface area contributed by atoms with Crippen LogP contribution in [-0.2, 0) is 6.54 Å². The number of nitrogens with two attached hydrogens (primary N) is 1. The lowest BCUT2D eigenvalue weighted by Gasteiger charge is -2.21. The molecule has 2 N–H and O–H groups in total. The molecule has 0 aliphatic carbocycles. The third-order valence-electron chi connectivity index (χ3n) is 3.50. The summed E-state index contributed by atoms with van der Waals surface area (Å²) < 4.78 is 2.08. The lowest BCUT2D eigenvalue weighted by atomic mass is 10.1. The van der Waals surface area contributed by atoms with Crippen LogP contribution >= 0.6 is 11.6 Å². The number of nitrogens with zero attached hydrogens (tertiary/aromatic N) is 3. The number of halogens is 1. The van der Waals surface area contributed by atoms with Crippen LogP contribution in [0.15, 0.2) is 36.5 Å². The molecule has 2 aromatic heterocycles. The number of aromatic nitrogens is 3. The van der Waals surface area contributed by atoms with Gasteiger partial charge in [-0.3, -0.25) is 0 Å². The van der Waals surface area contributed by atoms with Crippen molar-refractivity contribution < 1.29 is 0 Å². The molecule has 0 saturated heterocycles. The molecule has 5 heteroatoms. The highest BCUT2D eigenvalue weighted by atomic mass is 35.5. The van der Waals surface area contributed by atoms with E-state index in [2.05, 4.69) is 28.6 Å². The van der Waals surface area contributed by atoms with Gasteiger partial charge in [0, 0.05) is 23.8 Å². The molecule has 0 amide bonds. The highest BCUT2D eigenvalue weighted by molar-refractivity contribution is 6.31. The van der Waals surface area contributed by atoms with Crippen molar-refractivity contribution in [3.05, 3.63) is 47.1 Å². The van der Waals surface area contributed by atoms with Crippen LogP contribution in [-0.4, -0.2) is 20.1 Å². The third-order valence-corrected chi connectivity index (χ3v) is 3.71. The van der Waals surface area contributed by atoms with Crippen LogP contribution in [0.2, 0.25) is 5.02 Å². The minimum absolute atomic E-state index is 0.369. The quantitative estimate of drug-likeness (QED) is 0.800. The average molecular weight is 315 g/mol. The normalized spacial score (nSPS) is 12.0. The largest absolute Gasteiger partial charge is 0.324 e. The molecule has 3 rings (SSSR count). The van der Waals surface area contributed by atoms with E-state index in [-0.39, 0.29) is 5.54 Å². The number of aryl methyl sites for hydroxylation is 1. The first-order chi connectivity index (χ1) is 10.3. The molecule has 3 aromatic rings. The second-order valence-electron chi connectivity index (χ2n) is 6.32. The third kappa shape index (κ3) is 2.85. The van der Waals surface area contributed by atoms with Crippen LogP contribution in [0.1, 0.15) is 19.4 Å². The molecular weight excluding hydrogens is 296 g/mol. The van der Waals surface area contributed by atoms with Gasteiger partial charge < -0.3 is 10.3 Å². The van der Waals surface area contributed by atoms with Gasteiger partial charge in [-0.15, -0.1) is 0 Å². The molecule has 22 heavy (non-hydrogen) atoms. The van der Waals surface area contributed by atoms with Crippen LogP contribution in [0.4, 0.5) is 0 Å². The Labute approximate surface area is 134 Å². The summed E-state index contributed by atoms with van der Waals surface area (Å²) in [7, 11) is 0. The molecule has 0 saturated carbocycles. The summed E-state index contributed by atoms with van der Waals surface area (Å²) in [5, 5.41) is 0.584. The zero-order valence-electron chi connectivity index (χ0n) is 13.0. The molecule has 1 aromatic carbocycles. The van der Waals surface area contributed by atoms with Gasteiger partial charge in [-0.2, -0.15) is 0 Å². The molecule has 0 spiro atoms. The first kappa shape index (κ1) is 15.0. The summed E-state index contributed by atoms with van der Waals surface area (Å²) in [5.41, 5.74) is 9.71. The Balaban J connectivity index is 2.28. The number of pyridine rings is 1. The van der Waals surface area contributed by atoms with Gasteiger partial charge in [0.15, 0.2) is 5.65 Å². The van der Waals surface area contributed by atoms with Crippen molar-refractivity contribution in [1.82, 2.24) is 14.5 Å². The van der Waals surface area contributed by atoms with E-state index in [1.54, 1.807) is 6.20 Å². The number of hydrogen-bond donors (Lipinski definition) is 1. The minimum atomic E-state index is -0.369. The molecule has 0 atom stereocenters. The summed E-state index contributed by atoms with van der Waals surface area (Å²) in [5.74, 6) is 0.876. The smallest absolute Gasteiger partial charge is 0.160 e. The summed E-state index contributed by atoms with van der Waals surface area (Å²) in [6.45, 7) is 6.70. The van der Waals surface area contributed by atoms with Gasteiger partial charge in [-0.1, -0.05) is 35.9 Å². The second kappa shape index (κ2) is 5.38.